The fourth-order valence-electron chi connectivity index (χ4n) is 3.99. The highest BCUT2D eigenvalue weighted by Gasteiger charge is 2.44. The number of methoxy groups -OCH3 is 3. The predicted octanol–water partition coefficient (Wildman–Crippen LogP) is 3.13. The molecule has 0 fully saturated rings. The highest BCUT2D eigenvalue weighted by molar-refractivity contribution is 6.22. The average molecular weight is 495 g/mol. The molecule has 0 N–H and O–H groups in total. The minimum Gasteiger partial charge on any atom is -0.493 e. The van der Waals surface area contributed by atoms with Crippen LogP contribution in [0.25, 0.3) is 11.5 Å². The molecule has 1 atom stereocenters. The van der Waals surface area contributed by atoms with Crippen molar-refractivity contribution in [1.29, 1.82) is 0 Å². The fraction of sp³-hybridized carbons (Fsp3) is 0.320. The van der Waals surface area contributed by atoms with Crippen LogP contribution >= 0.6 is 0 Å². The van der Waals surface area contributed by atoms with Gasteiger partial charge in [0.25, 0.3) is 17.7 Å². The molecule has 0 saturated carbocycles. The van der Waals surface area contributed by atoms with Crippen molar-refractivity contribution in [1.82, 2.24) is 15.1 Å². The molecule has 36 heavy (non-hydrogen) atoms. The molecule has 1 aliphatic heterocycles. The Labute approximate surface area is 206 Å². The first-order chi connectivity index (χ1) is 17.3. The first-order valence-electron chi connectivity index (χ1n) is 11.1. The van der Waals surface area contributed by atoms with Gasteiger partial charge in [0.05, 0.1) is 32.5 Å². The monoisotopic (exact) mass is 495 g/mol. The summed E-state index contributed by atoms with van der Waals surface area (Å²) in [4.78, 5) is 39.7. The zero-order chi connectivity index (χ0) is 26.0. The number of rotatable bonds is 9. The number of hydrogen-bond acceptors (Lipinski definition) is 10. The molecule has 1 aliphatic rings. The molecule has 11 nitrogen and oxygen atoms in total. The molecule has 4 rings (SSSR count). The van der Waals surface area contributed by atoms with Crippen molar-refractivity contribution in [2.24, 2.45) is 5.92 Å². The zero-order valence-electron chi connectivity index (χ0n) is 20.4. The SMILES string of the molecule is COc1cc(-c2nnc(COC(=O)[C@H](C(C)C)N3C(=O)c4ccccc4C3=O)o2)cc(OC)c1OC. The largest absolute Gasteiger partial charge is 0.493 e. The third-order valence-corrected chi connectivity index (χ3v) is 5.69. The highest BCUT2D eigenvalue weighted by Crippen LogP contribution is 2.41. The number of carbonyl (C=O) groups excluding carboxylic acids is 3. The fourth-order valence-corrected chi connectivity index (χ4v) is 3.99. The Balaban J connectivity index is 1.50. The Kier molecular flexibility index (Phi) is 6.91. The molecule has 2 amide bonds. The third-order valence-electron chi connectivity index (χ3n) is 5.69. The second-order valence-electron chi connectivity index (χ2n) is 8.24. The van der Waals surface area contributed by atoms with E-state index in [0.717, 1.165) is 4.90 Å². The normalized spacial score (nSPS) is 13.6. The quantitative estimate of drug-likeness (QED) is 0.322. The second-order valence-corrected chi connectivity index (χ2v) is 8.24. The van der Waals surface area contributed by atoms with E-state index in [9.17, 15) is 14.4 Å². The summed E-state index contributed by atoms with van der Waals surface area (Å²) in [7, 11) is 4.46. The van der Waals surface area contributed by atoms with E-state index in [0.29, 0.717) is 22.8 Å². The lowest BCUT2D eigenvalue weighted by molar-refractivity contribution is -0.151. The Hall–Kier alpha value is -4.41. The lowest BCUT2D eigenvalue weighted by atomic mass is 10.0. The van der Waals surface area contributed by atoms with Crippen LogP contribution in [0.15, 0.2) is 40.8 Å². The van der Waals surface area contributed by atoms with Gasteiger partial charge < -0.3 is 23.4 Å². The summed E-state index contributed by atoms with van der Waals surface area (Å²) in [6.45, 7) is 3.11. The summed E-state index contributed by atoms with van der Waals surface area (Å²) in [5.74, 6) is -0.840. The number of imide groups is 1. The van der Waals surface area contributed by atoms with E-state index in [1.165, 1.54) is 21.3 Å². The van der Waals surface area contributed by atoms with Crippen LogP contribution in [-0.4, -0.2) is 60.3 Å². The van der Waals surface area contributed by atoms with Crippen LogP contribution in [0.4, 0.5) is 0 Å². The predicted molar refractivity (Wildman–Crippen MR) is 125 cm³/mol. The lowest BCUT2D eigenvalue weighted by Gasteiger charge is -2.27. The molecule has 0 bridgehead atoms. The van der Waals surface area contributed by atoms with Crippen molar-refractivity contribution < 1.29 is 37.7 Å². The van der Waals surface area contributed by atoms with Crippen LogP contribution in [0.5, 0.6) is 17.2 Å². The Morgan fingerprint density at radius 3 is 2.03 bits per heavy atom. The Morgan fingerprint density at radius 1 is 0.944 bits per heavy atom. The van der Waals surface area contributed by atoms with Crippen molar-refractivity contribution in [3.8, 4) is 28.7 Å². The summed E-state index contributed by atoms with van der Waals surface area (Å²) in [6, 6.07) is 8.61. The number of ether oxygens (including phenoxy) is 4. The maximum Gasteiger partial charge on any atom is 0.330 e. The topological polar surface area (TPSA) is 130 Å². The lowest BCUT2D eigenvalue weighted by Crippen LogP contribution is -2.48. The van der Waals surface area contributed by atoms with Crippen molar-refractivity contribution in [2.45, 2.75) is 26.5 Å². The number of esters is 1. The minimum atomic E-state index is -1.12. The van der Waals surface area contributed by atoms with Crippen LogP contribution in [-0.2, 0) is 16.1 Å². The molecule has 0 radical (unpaired) electrons. The van der Waals surface area contributed by atoms with Gasteiger partial charge in [0.2, 0.25) is 11.6 Å². The number of fused-ring (bicyclic) bond motifs is 1. The Morgan fingerprint density at radius 2 is 1.53 bits per heavy atom. The summed E-state index contributed by atoms with van der Waals surface area (Å²) in [5.41, 5.74) is 1.02. The van der Waals surface area contributed by atoms with Gasteiger partial charge in [-0.05, 0) is 30.2 Å². The van der Waals surface area contributed by atoms with Gasteiger partial charge in [0.15, 0.2) is 18.1 Å². The van der Waals surface area contributed by atoms with Crippen LogP contribution in [0.3, 0.4) is 0 Å². The van der Waals surface area contributed by atoms with E-state index in [4.69, 9.17) is 23.4 Å². The molecule has 0 aliphatic carbocycles. The molecule has 188 valence electrons. The summed E-state index contributed by atoms with van der Waals surface area (Å²) in [5, 5.41) is 7.93. The number of benzene rings is 2. The van der Waals surface area contributed by atoms with E-state index in [-0.39, 0.29) is 29.5 Å². The number of amides is 2. The van der Waals surface area contributed by atoms with Gasteiger partial charge in [-0.3, -0.25) is 14.5 Å². The molecular weight excluding hydrogens is 470 g/mol. The van der Waals surface area contributed by atoms with Crippen LogP contribution in [0, 0.1) is 5.92 Å². The average Bonchev–Trinajstić information content (AvgIpc) is 3.46. The van der Waals surface area contributed by atoms with Gasteiger partial charge in [-0.1, -0.05) is 26.0 Å². The van der Waals surface area contributed by atoms with E-state index >= 15 is 0 Å². The minimum absolute atomic E-state index is 0.0250. The first kappa shape index (κ1) is 24.7. The van der Waals surface area contributed by atoms with Crippen molar-refractivity contribution in [3.05, 3.63) is 53.4 Å². The maximum absolute atomic E-state index is 13.0. The highest BCUT2D eigenvalue weighted by atomic mass is 16.5. The zero-order valence-corrected chi connectivity index (χ0v) is 20.4. The van der Waals surface area contributed by atoms with Crippen molar-refractivity contribution in [2.75, 3.05) is 21.3 Å². The molecule has 0 saturated heterocycles. The van der Waals surface area contributed by atoms with Gasteiger partial charge in [0.1, 0.15) is 6.04 Å². The summed E-state index contributed by atoms with van der Waals surface area (Å²) >= 11 is 0. The maximum atomic E-state index is 13.0. The van der Waals surface area contributed by atoms with Gasteiger partial charge >= 0.3 is 5.97 Å². The van der Waals surface area contributed by atoms with E-state index in [2.05, 4.69) is 10.2 Å². The Bertz CT molecular complexity index is 1260. The summed E-state index contributed by atoms with van der Waals surface area (Å²) < 4.78 is 27.0. The second kappa shape index (κ2) is 10.1. The molecular formula is C25H25N3O8. The smallest absolute Gasteiger partial charge is 0.330 e. The molecule has 3 aromatic rings. The number of hydrogen-bond donors (Lipinski definition) is 0. The summed E-state index contributed by atoms with van der Waals surface area (Å²) in [6.07, 6.45) is 0. The third kappa shape index (κ3) is 4.35. The molecule has 0 unspecified atom stereocenters. The molecule has 2 heterocycles. The molecule has 11 heteroatoms. The van der Waals surface area contributed by atoms with Crippen LogP contribution in [0.1, 0.15) is 40.5 Å². The van der Waals surface area contributed by atoms with Crippen LogP contribution < -0.4 is 14.2 Å². The van der Waals surface area contributed by atoms with Crippen molar-refractivity contribution in [3.63, 3.8) is 0 Å². The van der Waals surface area contributed by atoms with E-state index in [1.807, 2.05) is 0 Å². The van der Waals surface area contributed by atoms with Gasteiger partial charge in [0, 0.05) is 5.56 Å². The van der Waals surface area contributed by atoms with Crippen LogP contribution in [0.2, 0.25) is 0 Å². The van der Waals surface area contributed by atoms with Gasteiger partial charge in [-0.25, -0.2) is 4.79 Å². The number of aromatic nitrogens is 2. The van der Waals surface area contributed by atoms with E-state index < -0.39 is 29.7 Å². The van der Waals surface area contributed by atoms with E-state index in [1.54, 1.807) is 50.2 Å². The number of nitrogens with zero attached hydrogens (tertiary/aromatic N) is 3. The van der Waals surface area contributed by atoms with Crippen molar-refractivity contribution >= 4 is 17.8 Å². The number of carbonyl (C=O) groups is 3. The molecule has 1 aromatic heterocycles. The molecule has 2 aromatic carbocycles. The first-order valence-corrected chi connectivity index (χ1v) is 11.1. The standard InChI is InChI=1S/C25H25N3O8/c1-13(2)20(28-23(29)15-8-6-7-9-16(15)24(28)30)25(31)35-12-19-26-27-22(36-19)14-10-17(32-3)21(34-5)18(11-14)33-4/h6-11,13,20H,12H2,1-5H3/t20-/m0/s1. The van der Waals surface area contributed by atoms with Gasteiger partial charge in [-0.15, -0.1) is 10.2 Å². The van der Waals surface area contributed by atoms with Gasteiger partial charge in [-0.2, -0.15) is 0 Å². The molecule has 0 spiro atoms.